The van der Waals surface area contributed by atoms with Crippen molar-refractivity contribution in [2.45, 2.75) is 31.9 Å². The lowest BCUT2D eigenvalue weighted by Gasteiger charge is -2.18. The fraction of sp³-hybridized carbons (Fsp3) is 0.455. The second kappa shape index (κ2) is 7.22. The van der Waals surface area contributed by atoms with Crippen molar-refractivity contribution in [2.24, 2.45) is 5.73 Å². The van der Waals surface area contributed by atoms with Gasteiger partial charge in [-0.2, -0.15) is 0 Å². The fourth-order valence-corrected chi connectivity index (χ4v) is 1.95. The van der Waals surface area contributed by atoms with Gasteiger partial charge in [0.25, 0.3) is 0 Å². The molecule has 0 unspecified atom stereocenters. The third kappa shape index (κ3) is 4.37. The third-order valence-electron chi connectivity index (χ3n) is 2.27. The van der Waals surface area contributed by atoms with Gasteiger partial charge in [-0.05, 0) is 30.2 Å². The van der Waals surface area contributed by atoms with E-state index in [0.29, 0.717) is 16.5 Å². The van der Waals surface area contributed by atoms with Gasteiger partial charge < -0.3 is 10.8 Å². The summed E-state index contributed by atoms with van der Waals surface area (Å²) in [5.41, 5.74) is 6.44. The summed E-state index contributed by atoms with van der Waals surface area (Å²) in [6.45, 7) is 1.97. The molecule has 92 valence electrons. The molecule has 0 spiro atoms. The SMILES string of the molecule is CCC[C@@H](O)[C@@H](N)c1cc(F)cc(Br)c1.Cl. The van der Waals surface area contributed by atoms with E-state index in [0.717, 1.165) is 6.42 Å². The van der Waals surface area contributed by atoms with E-state index in [2.05, 4.69) is 15.9 Å². The van der Waals surface area contributed by atoms with Crippen molar-refractivity contribution in [3.8, 4) is 0 Å². The van der Waals surface area contributed by atoms with Gasteiger partial charge in [-0.1, -0.05) is 29.3 Å². The number of halogens is 3. The molecule has 0 heterocycles. The van der Waals surface area contributed by atoms with Crippen LogP contribution >= 0.6 is 28.3 Å². The Balaban J connectivity index is 0.00000225. The molecule has 2 atom stereocenters. The second-order valence-electron chi connectivity index (χ2n) is 3.58. The Hall–Kier alpha value is -0.160. The van der Waals surface area contributed by atoms with E-state index >= 15 is 0 Å². The minimum Gasteiger partial charge on any atom is -0.391 e. The van der Waals surface area contributed by atoms with Crippen LogP contribution < -0.4 is 5.73 Å². The lowest BCUT2D eigenvalue weighted by molar-refractivity contribution is 0.134. The predicted octanol–water partition coefficient (Wildman–Crippen LogP) is 3.17. The van der Waals surface area contributed by atoms with Crippen LogP contribution in [0.5, 0.6) is 0 Å². The first-order valence-electron chi connectivity index (χ1n) is 4.94. The molecule has 1 aromatic carbocycles. The van der Waals surface area contributed by atoms with Crippen LogP contribution in [0.3, 0.4) is 0 Å². The highest BCUT2D eigenvalue weighted by atomic mass is 79.9. The zero-order valence-corrected chi connectivity index (χ0v) is 11.4. The summed E-state index contributed by atoms with van der Waals surface area (Å²) in [7, 11) is 0. The molecule has 1 rings (SSSR count). The highest BCUT2D eigenvalue weighted by molar-refractivity contribution is 9.10. The monoisotopic (exact) mass is 311 g/mol. The minimum atomic E-state index is -0.622. The number of aliphatic hydroxyl groups excluding tert-OH is 1. The fourth-order valence-electron chi connectivity index (χ4n) is 1.47. The van der Waals surface area contributed by atoms with Crippen LogP contribution in [0.2, 0.25) is 0 Å². The molecule has 0 aliphatic rings. The standard InChI is InChI=1S/C11H15BrFNO.ClH/c1-2-3-10(15)11(14)7-4-8(12)6-9(13)5-7;/h4-6,10-11,15H,2-3,14H2,1H3;1H/t10-,11+;/m1./s1. The van der Waals surface area contributed by atoms with Gasteiger partial charge in [-0.15, -0.1) is 12.4 Å². The molecular formula is C11H16BrClFNO. The Morgan fingerprint density at radius 1 is 1.44 bits per heavy atom. The molecule has 0 bridgehead atoms. The molecule has 3 N–H and O–H groups in total. The average molecular weight is 313 g/mol. The molecule has 0 amide bonds. The summed E-state index contributed by atoms with van der Waals surface area (Å²) < 4.78 is 13.7. The summed E-state index contributed by atoms with van der Waals surface area (Å²) in [5.74, 6) is -0.349. The normalized spacial score (nSPS) is 14.1. The van der Waals surface area contributed by atoms with E-state index in [4.69, 9.17) is 5.73 Å². The number of aliphatic hydroxyl groups is 1. The minimum absolute atomic E-state index is 0. The van der Waals surface area contributed by atoms with Gasteiger partial charge in [0, 0.05) is 4.47 Å². The van der Waals surface area contributed by atoms with E-state index in [9.17, 15) is 9.50 Å². The zero-order valence-electron chi connectivity index (χ0n) is 8.99. The molecule has 0 aliphatic heterocycles. The van der Waals surface area contributed by atoms with E-state index in [1.165, 1.54) is 12.1 Å². The van der Waals surface area contributed by atoms with Crippen molar-refractivity contribution in [2.75, 3.05) is 0 Å². The molecule has 16 heavy (non-hydrogen) atoms. The Labute approximate surface area is 110 Å². The molecule has 0 saturated heterocycles. The lowest BCUT2D eigenvalue weighted by atomic mass is 9.99. The largest absolute Gasteiger partial charge is 0.391 e. The average Bonchev–Trinajstić information content (AvgIpc) is 2.15. The Kier molecular flexibility index (Phi) is 7.15. The van der Waals surface area contributed by atoms with E-state index in [-0.39, 0.29) is 18.2 Å². The van der Waals surface area contributed by atoms with Gasteiger partial charge in [0.05, 0.1) is 12.1 Å². The highest BCUT2D eigenvalue weighted by Gasteiger charge is 2.16. The Bertz CT molecular complexity index is 318. The highest BCUT2D eigenvalue weighted by Crippen LogP contribution is 2.22. The molecule has 0 aromatic heterocycles. The summed E-state index contributed by atoms with van der Waals surface area (Å²) >= 11 is 3.19. The smallest absolute Gasteiger partial charge is 0.124 e. The van der Waals surface area contributed by atoms with E-state index in [1.54, 1.807) is 6.07 Å². The van der Waals surface area contributed by atoms with Crippen molar-refractivity contribution in [3.63, 3.8) is 0 Å². The van der Waals surface area contributed by atoms with Crippen LogP contribution in [-0.2, 0) is 0 Å². The third-order valence-corrected chi connectivity index (χ3v) is 2.73. The number of nitrogens with two attached hydrogens (primary N) is 1. The van der Waals surface area contributed by atoms with Crippen molar-refractivity contribution >= 4 is 28.3 Å². The molecule has 1 aromatic rings. The molecule has 0 radical (unpaired) electrons. The first kappa shape index (κ1) is 15.8. The summed E-state index contributed by atoms with van der Waals surface area (Å²) in [6, 6.07) is 3.92. The quantitative estimate of drug-likeness (QED) is 0.897. The van der Waals surface area contributed by atoms with Gasteiger partial charge in [0.1, 0.15) is 5.82 Å². The van der Waals surface area contributed by atoms with E-state index < -0.39 is 12.1 Å². The van der Waals surface area contributed by atoms with Gasteiger partial charge >= 0.3 is 0 Å². The van der Waals surface area contributed by atoms with Crippen molar-refractivity contribution in [1.82, 2.24) is 0 Å². The van der Waals surface area contributed by atoms with Crippen LogP contribution in [0.25, 0.3) is 0 Å². The van der Waals surface area contributed by atoms with E-state index in [1.807, 2.05) is 6.92 Å². The molecule has 5 heteroatoms. The first-order chi connectivity index (χ1) is 7.04. The number of benzene rings is 1. The number of hydrogen-bond donors (Lipinski definition) is 2. The van der Waals surface area contributed by atoms with Gasteiger partial charge in [-0.25, -0.2) is 4.39 Å². The Morgan fingerprint density at radius 3 is 2.56 bits per heavy atom. The maximum absolute atomic E-state index is 13.1. The summed E-state index contributed by atoms with van der Waals surface area (Å²) in [4.78, 5) is 0. The first-order valence-corrected chi connectivity index (χ1v) is 5.73. The lowest BCUT2D eigenvalue weighted by Crippen LogP contribution is -2.26. The molecule has 0 aliphatic carbocycles. The van der Waals surface area contributed by atoms with Crippen LogP contribution in [0.1, 0.15) is 31.4 Å². The predicted molar refractivity (Wildman–Crippen MR) is 69.2 cm³/mol. The second-order valence-corrected chi connectivity index (χ2v) is 4.50. The van der Waals surface area contributed by atoms with Crippen LogP contribution in [0.15, 0.2) is 22.7 Å². The molecule has 2 nitrogen and oxygen atoms in total. The van der Waals surface area contributed by atoms with Crippen LogP contribution in [0.4, 0.5) is 4.39 Å². The summed E-state index contributed by atoms with van der Waals surface area (Å²) in [6.07, 6.45) is 0.851. The van der Waals surface area contributed by atoms with Gasteiger partial charge in [-0.3, -0.25) is 0 Å². The van der Waals surface area contributed by atoms with Gasteiger partial charge in [0.2, 0.25) is 0 Å². The number of hydrogen-bond acceptors (Lipinski definition) is 2. The summed E-state index contributed by atoms with van der Waals surface area (Å²) in [5, 5.41) is 9.69. The topological polar surface area (TPSA) is 46.2 Å². The molecule has 0 fully saturated rings. The Morgan fingerprint density at radius 2 is 2.06 bits per heavy atom. The number of rotatable bonds is 4. The maximum atomic E-state index is 13.1. The van der Waals surface area contributed by atoms with Crippen LogP contribution in [0, 0.1) is 5.82 Å². The maximum Gasteiger partial charge on any atom is 0.124 e. The van der Waals surface area contributed by atoms with Crippen molar-refractivity contribution in [1.29, 1.82) is 0 Å². The molecular weight excluding hydrogens is 296 g/mol. The zero-order chi connectivity index (χ0) is 11.4. The van der Waals surface area contributed by atoms with Crippen molar-refractivity contribution in [3.05, 3.63) is 34.1 Å². The van der Waals surface area contributed by atoms with Crippen LogP contribution in [-0.4, -0.2) is 11.2 Å². The van der Waals surface area contributed by atoms with Crippen molar-refractivity contribution < 1.29 is 9.50 Å². The van der Waals surface area contributed by atoms with Gasteiger partial charge in [0.15, 0.2) is 0 Å². The molecule has 0 saturated carbocycles.